The lowest BCUT2D eigenvalue weighted by atomic mass is 10.1. The Bertz CT molecular complexity index is 361. The lowest BCUT2D eigenvalue weighted by Gasteiger charge is -2.10. The quantitative estimate of drug-likeness (QED) is 0.697. The van der Waals surface area contributed by atoms with Crippen LogP contribution in [0.15, 0.2) is 12.1 Å². The number of hydrogen-bond donors (Lipinski definition) is 0. The zero-order valence-corrected chi connectivity index (χ0v) is 8.26. The van der Waals surface area contributed by atoms with Crippen LogP contribution in [-0.2, 0) is 0 Å². The zero-order valence-electron chi connectivity index (χ0n) is 8.26. The van der Waals surface area contributed by atoms with Crippen LogP contribution in [0.4, 0.5) is 4.39 Å². The average molecular weight is 198 g/mol. The van der Waals surface area contributed by atoms with E-state index in [2.05, 4.69) is 0 Å². The molecule has 76 valence electrons. The Hall–Kier alpha value is -1.58. The number of methoxy groups -OCH3 is 2. The number of carbonyl (C=O) groups is 1. The van der Waals surface area contributed by atoms with Crippen molar-refractivity contribution in [2.75, 3.05) is 14.2 Å². The number of ketones is 1. The van der Waals surface area contributed by atoms with E-state index < -0.39 is 5.82 Å². The first-order valence-electron chi connectivity index (χ1n) is 4.02. The third kappa shape index (κ3) is 1.84. The number of carbonyl (C=O) groups excluding carboxylic acids is 1. The van der Waals surface area contributed by atoms with Crippen molar-refractivity contribution in [2.45, 2.75) is 6.92 Å². The van der Waals surface area contributed by atoms with Crippen molar-refractivity contribution >= 4 is 5.78 Å². The predicted molar refractivity (Wildman–Crippen MR) is 49.5 cm³/mol. The molecule has 0 unspecified atom stereocenters. The maximum absolute atomic E-state index is 13.0. The Morgan fingerprint density at radius 2 is 1.93 bits per heavy atom. The smallest absolute Gasteiger partial charge is 0.171 e. The van der Waals surface area contributed by atoms with Crippen LogP contribution < -0.4 is 9.47 Å². The van der Waals surface area contributed by atoms with Gasteiger partial charge >= 0.3 is 0 Å². The van der Waals surface area contributed by atoms with Crippen LogP contribution in [0.5, 0.6) is 11.5 Å². The van der Waals surface area contributed by atoms with E-state index in [-0.39, 0.29) is 22.8 Å². The first-order chi connectivity index (χ1) is 6.60. The number of benzene rings is 1. The van der Waals surface area contributed by atoms with E-state index in [0.29, 0.717) is 0 Å². The van der Waals surface area contributed by atoms with Crippen LogP contribution in [0.25, 0.3) is 0 Å². The van der Waals surface area contributed by atoms with Crippen LogP contribution in [0, 0.1) is 5.82 Å². The minimum atomic E-state index is -0.521. The second kappa shape index (κ2) is 4.09. The summed E-state index contributed by atoms with van der Waals surface area (Å²) in [7, 11) is 2.80. The second-order valence-corrected chi connectivity index (χ2v) is 2.75. The van der Waals surface area contributed by atoms with E-state index in [4.69, 9.17) is 9.47 Å². The van der Waals surface area contributed by atoms with Crippen LogP contribution in [-0.4, -0.2) is 20.0 Å². The molecule has 14 heavy (non-hydrogen) atoms. The molecular weight excluding hydrogens is 187 g/mol. The van der Waals surface area contributed by atoms with Crippen molar-refractivity contribution in [3.05, 3.63) is 23.5 Å². The van der Waals surface area contributed by atoms with Gasteiger partial charge in [-0.05, 0) is 13.0 Å². The summed E-state index contributed by atoms with van der Waals surface area (Å²) < 4.78 is 22.9. The van der Waals surface area contributed by atoms with E-state index >= 15 is 0 Å². The summed E-state index contributed by atoms with van der Waals surface area (Å²) in [5, 5.41) is 0. The molecule has 0 N–H and O–H groups in total. The first kappa shape index (κ1) is 10.5. The molecule has 0 aromatic heterocycles. The first-order valence-corrected chi connectivity index (χ1v) is 4.02. The third-order valence-corrected chi connectivity index (χ3v) is 1.82. The number of rotatable bonds is 3. The maximum atomic E-state index is 13.0. The van der Waals surface area contributed by atoms with Gasteiger partial charge in [0.15, 0.2) is 17.3 Å². The highest BCUT2D eigenvalue weighted by Crippen LogP contribution is 2.32. The van der Waals surface area contributed by atoms with Crippen LogP contribution in [0.2, 0.25) is 0 Å². The molecule has 1 aromatic rings. The zero-order chi connectivity index (χ0) is 10.7. The Morgan fingerprint density at radius 3 is 2.36 bits per heavy atom. The summed E-state index contributed by atoms with van der Waals surface area (Å²) in [5.41, 5.74) is 0.185. The number of ether oxygens (including phenoxy) is 2. The molecule has 0 bridgehead atoms. The summed E-state index contributed by atoms with van der Waals surface area (Å²) in [4.78, 5) is 11.1. The molecule has 0 amide bonds. The van der Waals surface area contributed by atoms with Gasteiger partial charge in [0.05, 0.1) is 19.8 Å². The fourth-order valence-electron chi connectivity index (χ4n) is 1.19. The fourth-order valence-corrected chi connectivity index (χ4v) is 1.19. The molecule has 0 fully saturated rings. The van der Waals surface area contributed by atoms with Crippen LogP contribution >= 0.6 is 0 Å². The topological polar surface area (TPSA) is 35.5 Å². The third-order valence-electron chi connectivity index (χ3n) is 1.82. The van der Waals surface area contributed by atoms with Gasteiger partial charge in [-0.3, -0.25) is 4.79 Å². The van der Waals surface area contributed by atoms with Gasteiger partial charge in [-0.2, -0.15) is 0 Å². The molecule has 0 aliphatic rings. The minimum Gasteiger partial charge on any atom is -0.493 e. The molecule has 0 atom stereocenters. The SMILES string of the molecule is COc1cc(F)cc(C(C)=O)c1OC. The van der Waals surface area contributed by atoms with Gasteiger partial charge in [0.25, 0.3) is 0 Å². The largest absolute Gasteiger partial charge is 0.493 e. The summed E-state index contributed by atoms with van der Waals surface area (Å²) in [6.07, 6.45) is 0. The highest BCUT2D eigenvalue weighted by molar-refractivity contribution is 5.97. The van der Waals surface area contributed by atoms with E-state index in [1.807, 2.05) is 0 Å². The molecule has 1 rings (SSSR count). The van der Waals surface area contributed by atoms with Crippen molar-refractivity contribution in [3.63, 3.8) is 0 Å². The number of hydrogen-bond acceptors (Lipinski definition) is 3. The van der Waals surface area contributed by atoms with Crippen molar-refractivity contribution in [1.82, 2.24) is 0 Å². The molecule has 0 aliphatic carbocycles. The molecule has 4 heteroatoms. The molecule has 3 nitrogen and oxygen atoms in total. The lowest BCUT2D eigenvalue weighted by Crippen LogP contribution is -2.01. The molecule has 0 radical (unpaired) electrons. The van der Waals surface area contributed by atoms with E-state index in [9.17, 15) is 9.18 Å². The van der Waals surface area contributed by atoms with E-state index in [1.54, 1.807) is 0 Å². The van der Waals surface area contributed by atoms with E-state index in [1.165, 1.54) is 27.2 Å². The lowest BCUT2D eigenvalue weighted by molar-refractivity contribution is 0.101. The Balaban J connectivity index is 3.39. The standard InChI is InChI=1S/C10H11FO3/c1-6(12)8-4-7(11)5-9(13-2)10(8)14-3/h4-5H,1-3H3. The highest BCUT2D eigenvalue weighted by Gasteiger charge is 2.15. The van der Waals surface area contributed by atoms with Gasteiger partial charge in [0, 0.05) is 6.07 Å². The maximum Gasteiger partial charge on any atom is 0.171 e. The number of Topliss-reactive ketones (excluding diaryl/α,β-unsaturated/α-hetero) is 1. The summed E-state index contributed by atoms with van der Waals surface area (Å²) >= 11 is 0. The van der Waals surface area contributed by atoms with Gasteiger partial charge < -0.3 is 9.47 Å². The normalized spacial score (nSPS) is 9.71. The summed E-state index contributed by atoms with van der Waals surface area (Å²) in [6, 6.07) is 2.30. The number of halogens is 1. The average Bonchev–Trinajstić information content (AvgIpc) is 2.16. The molecule has 0 saturated carbocycles. The monoisotopic (exact) mass is 198 g/mol. The Morgan fingerprint density at radius 1 is 1.29 bits per heavy atom. The van der Waals surface area contributed by atoms with Crippen molar-refractivity contribution in [2.24, 2.45) is 0 Å². The molecule has 1 aromatic carbocycles. The van der Waals surface area contributed by atoms with Crippen molar-refractivity contribution in [1.29, 1.82) is 0 Å². The van der Waals surface area contributed by atoms with Gasteiger partial charge in [-0.25, -0.2) is 4.39 Å². The second-order valence-electron chi connectivity index (χ2n) is 2.75. The molecule has 0 spiro atoms. The van der Waals surface area contributed by atoms with Gasteiger partial charge in [0.2, 0.25) is 0 Å². The predicted octanol–water partition coefficient (Wildman–Crippen LogP) is 2.05. The highest BCUT2D eigenvalue weighted by atomic mass is 19.1. The van der Waals surface area contributed by atoms with E-state index in [0.717, 1.165) is 6.07 Å². The molecule has 0 aliphatic heterocycles. The van der Waals surface area contributed by atoms with Crippen LogP contribution in [0.1, 0.15) is 17.3 Å². The van der Waals surface area contributed by atoms with Crippen molar-refractivity contribution in [3.8, 4) is 11.5 Å². The summed E-state index contributed by atoms with van der Waals surface area (Å²) in [6.45, 7) is 1.34. The van der Waals surface area contributed by atoms with Gasteiger partial charge in [0.1, 0.15) is 5.82 Å². The molecule has 0 saturated heterocycles. The van der Waals surface area contributed by atoms with Gasteiger partial charge in [-0.1, -0.05) is 0 Å². The molecular formula is C10H11FO3. The fraction of sp³-hybridized carbons (Fsp3) is 0.300. The van der Waals surface area contributed by atoms with Crippen LogP contribution in [0.3, 0.4) is 0 Å². The summed E-state index contributed by atoms with van der Waals surface area (Å²) in [5.74, 6) is -0.299. The minimum absolute atomic E-state index is 0.185. The Kier molecular flexibility index (Phi) is 3.06. The van der Waals surface area contributed by atoms with Crippen molar-refractivity contribution < 1.29 is 18.7 Å². The molecule has 0 heterocycles. The Labute approximate surface area is 81.4 Å². The van der Waals surface area contributed by atoms with Gasteiger partial charge in [-0.15, -0.1) is 0 Å².